The highest BCUT2D eigenvalue weighted by Crippen LogP contribution is 2.33. The van der Waals surface area contributed by atoms with Crippen LogP contribution in [0.3, 0.4) is 0 Å². The lowest BCUT2D eigenvalue weighted by Crippen LogP contribution is -2.28. The van der Waals surface area contributed by atoms with E-state index in [0.29, 0.717) is 36.3 Å². The van der Waals surface area contributed by atoms with Gasteiger partial charge in [0, 0.05) is 16.7 Å². The van der Waals surface area contributed by atoms with E-state index in [0.717, 1.165) is 24.7 Å². The number of carbonyl (C=O) groups excluding carboxylic acids is 2. The van der Waals surface area contributed by atoms with Gasteiger partial charge in [0.15, 0.2) is 0 Å². The molecule has 0 aromatic heterocycles. The quantitative estimate of drug-likeness (QED) is 0.128. The van der Waals surface area contributed by atoms with Crippen LogP contribution in [0.15, 0.2) is 35.1 Å². The number of hydrogen-bond acceptors (Lipinski definition) is 4. The lowest BCUT2D eigenvalue weighted by atomic mass is 9.82. The number of rotatable bonds is 17. The van der Waals surface area contributed by atoms with Gasteiger partial charge in [-0.2, -0.15) is 0 Å². The molecule has 1 rings (SSSR count). The molecule has 0 spiro atoms. The molecule has 0 amide bonds. The standard InChI is InChI=1S/C30H50O4/c1-8-12-25-26(27(31)24(6)28(32)29(25)33)18-20-30(7,34)19-11-17-23(5)16-10-15-22(4)14-9-13-21(2)3/h8,21-23,31,34H,1,9-20H2,2-7H3/t22-,23-,30-/m1/s1. The van der Waals surface area contributed by atoms with Gasteiger partial charge in [-0.15, -0.1) is 6.58 Å². The highest BCUT2D eigenvalue weighted by Gasteiger charge is 2.33. The van der Waals surface area contributed by atoms with Gasteiger partial charge in [0.2, 0.25) is 11.6 Å². The number of aliphatic hydroxyl groups is 2. The van der Waals surface area contributed by atoms with E-state index in [-0.39, 0.29) is 17.8 Å². The first-order valence-corrected chi connectivity index (χ1v) is 13.4. The largest absolute Gasteiger partial charge is 0.507 e. The van der Waals surface area contributed by atoms with Gasteiger partial charge in [0.05, 0.1) is 5.60 Å². The molecule has 0 aromatic carbocycles. The van der Waals surface area contributed by atoms with Crippen molar-refractivity contribution < 1.29 is 19.8 Å². The van der Waals surface area contributed by atoms with Gasteiger partial charge >= 0.3 is 0 Å². The van der Waals surface area contributed by atoms with Crippen molar-refractivity contribution in [2.24, 2.45) is 17.8 Å². The highest BCUT2D eigenvalue weighted by molar-refractivity contribution is 6.50. The van der Waals surface area contributed by atoms with Crippen LogP contribution in [-0.2, 0) is 9.59 Å². The van der Waals surface area contributed by atoms with Crippen LogP contribution in [0.5, 0.6) is 0 Å². The van der Waals surface area contributed by atoms with Crippen LogP contribution in [0.2, 0.25) is 0 Å². The van der Waals surface area contributed by atoms with E-state index in [1.807, 2.05) is 6.92 Å². The Kier molecular flexibility index (Phi) is 13.1. The zero-order valence-electron chi connectivity index (χ0n) is 22.7. The minimum absolute atomic E-state index is 0.0931. The van der Waals surface area contributed by atoms with E-state index in [2.05, 4.69) is 34.3 Å². The van der Waals surface area contributed by atoms with Crippen LogP contribution in [0.25, 0.3) is 0 Å². The summed E-state index contributed by atoms with van der Waals surface area (Å²) in [6, 6.07) is 0. The third-order valence-electron chi connectivity index (χ3n) is 7.37. The third kappa shape index (κ3) is 10.3. The number of ketones is 2. The maximum atomic E-state index is 12.4. The molecule has 1 aliphatic rings. The number of Topliss-reactive ketones (excluding diaryl/α,β-unsaturated/α-hetero) is 2. The van der Waals surface area contributed by atoms with Crippen LogP contribution < -0.4 is 0 Å². The third-order valence-corrected chi connectivity index (χ3v) is 7.37. The molecule has 4 heteroatoms. The van der Waals surface area contributed by atoms with Crippen LogP contribution in [0.4, 0.5) is 0 Å². The first kappa shape index (κ1) is 30.4. The number of carbonyl (C=O) groups is 2. The van der Waals surface area contributed by atoms with E-state index in [1.54, 1.807) is 6.08 Å². The van der Waals surface area contributed by atoms with Crippen LogP contribution in [0, 0.1) is 17.8 Å². The molecular weight excluding hydrogens is 424 g/mol. The normalized spacial score (nSPS) is 18.5. The SMILES string of the molecule is C=CCC1=C(CC[C@](C)(O)CCC[C@H](C)CCC[C@H](C)CCCC(C)C)C(O)=C(C)C(=O)C1=O. The lowest BCUT2D eigenvalue weighted by molar-refractivity contribution is -0.132. The summed E-state index contributed by atoms with van der Waals surface area (Å²) in [5.41, 5.74) is 0.00921. The summed E-state index contributed by atoms with van der Waals surface area (Å²) in [6.07, 6.45) is 13.2. The van der Waals surface area contributed by atoms with Gasteiger partial charge < -0.3 is 10.2 Å². The predicted molar refractivity (Wildman–Crippen MR) is 142 cm³/mol. The molecule has 4 nitrogen and oxygen atoms in total. The van der Waals surface area contributed by atoms with Gasteiger partial charge in [0.1, 0.15) is 5.76 Å². The van der Waals surface area contributed by atoms with Gasteiger partial charge in [0.25, 0.3) is 0 Å². The van der Waals surface area contributed by atoms with Crippen molar-refractivity contribution >= 4 is 11.6 Å². The monoisotopic (exact) mass is 474 g/mol. The molecule has 0 radical (unpaired) electrons. The van der Waals surface area contributed by atoms with E-state index < -0.39 is 17.2 Å². The summed E-state index contributed by atoms with van der Waals surface area (Å²) in [6.45, 7) is 16.2. The van der Waals surface area contributed by atoms with E-state index >= 15 is 0 Å². The fourth-order valence-electron chi connectivity index (χ4n) is 4.88. The fourth-order valence-corrected chi connectivity index (χ4v) is 4.88. The summed E-state index contributed by atoms with van der Waals surface area (Å²) in [5, 5.41) is 21.4. The second kappa shape index (κ2) is 14.7. The molecule has 0 aliphatic heterocycles. The van der Waals surface area contributed by atoms with E-state index in [9.17, 15) is 19.8 Å². The summed E-state index contributed by atoms with van der Waals surface area (Å²) in [4.78, 5) is 24.5. The van der Waals surface area contributed by atoms with Crippen molar-refractivity contribution in [3.8, 4) is 0 Å². The van der Waals surface area contributed by atoms with Crippen molar-refractivity contribution in [3.05, 3.63) is 35.1 Å². The number of allylic oxidation sites excluding steroid dienone is 4. The Morgan fingerprint density at radius 3 is 1.91 bits per heavy atom. The zero-order chi connectivity index (χ0) is 25.9. The molecule has 1 aliphatic carbocycles. The second-order valence-electron chi connectivity index (χ2n) is 11.4. The van der Waals surface area contributed by atoms with Gasteiger partial charge in [-0.1, -0.05) is 85.1 Å². The predicted octanol–water partition coefficient (Wildman–Crippen LogP) is 7.81. The molecule has 0 bridgehead atoms. The van der Waals surface area contributed by atoms with Crippen molar-refractivity contribution in [1.29, 1.82) is 0 Å². The topological polar surface area (TPSA) is 74.6 Å². The summed E-state index contributed by atoms with van der Waals surface area (Å²) >= 11 is 0. The Morgan fingerprint density at radius 1 is 0.853 bits per heavy atom. The molecule has 3 atom stereocenters. The summed E-state index contributed by atoms with van der Waals surface area (Å²) in [7, 11) is 0. The Morgan fingerprint density at radius 2 is 1.38 bits per heavy atom. The van der Waals surface area contributed by atoms with Crippen molar-refractivity contribution in [3.63, 3.8) is 0 Å². The van der Waals surface area contributed by atoms with Crippen LogP contribution in [0.1, 0.15) is 119 Å². The van der Waals surface area contributed by atoms with E-state index in [1.165, 1.54) is 45.4 Å². The molecule has 0 heterocycles. The minimum atomic E-state index is -0.879. The zero-order valence-corrected chi connectivity index (χ0v) is 22.7. The van der Waals surface area contributed by atoms with Gasteiger partial charge in [-0.05, 0) is 57.3 Å². The molecule has 0 aromatic rings. The lowest BCUT2D eigenvalue weighted by Gasteiger charge is -2.26. The van der Waals surface area contributed by atoms with Gasteiger partial charge in [-0.3, -0.25) is 9.59 Å². The summed E-state index contributed by atoms with van der Waals surface area (Å²) in [5.74, 6) is 0.942. The molecule has 0 unspecified atom stereocenters. The first-order valence-electron chi connectivity index (χ1n) is 13.4. The Bertz CT molecular complexity index is 754. The highest BCUT2D eigenvalue weighted by atomic mass is 16.3. The average molecular weight is 475 g/mol. The summed E-state index contributed by atoms with van der Waals surface area (Å²) < 4.78 is 0. The maximum Gasteiger partial charge on any atom is 0.232 e. The minimum Gasteiger partial charge on any atom is -0.507 e. The Labute approximate surface area is 208 Å². The fraction of sp³-hybridized carbons (Fsp3) is 0.733. The molecule has 0 saturated carbocycles. The van der Waals surface area contributed by atoms with Crippen molar-refractivity contribution in [1.82, 2.24) is 0 Å². The molecule has 0 saturated heterocycles. The van der Waals surface area contributed by atoms with Crippen molar-refractivity contribution in [2.45, 2.75) is 124 Å². The van der Waals surface area contributed by atoms with Crippen LogP contribution >= 0.6 is 0 Å². The van der Waals surface area contributed by atoms with Crippen molar-refractivity contribution in [2.75, 3.05) is 0 Å². The van der Waals surface area contributed by atoms with E-state index in [4.69, 9.17) is 0 Å². The molecule has 34 heavy (non-hydrogen) atoms. The second-order valence-corrected chi connectivity index (χ2v) is 11.4. The Hall–Kier alpha value is -1.68. The number of hydrogen-bond donors (Lipinski definition) is 2. The number of aliphatic hydroxyl groups excluding tert-OH is 1. The molecule has 194 valence electrons. The Balaban J connectivity index is 2.45. The maximum absolute atomic E-state index is 12.4. The smallest absolute Gasteiger partial charge is 0.232 e. The van der Waals surface area contributed by atoms with Crippen LogP contribution in [-0.4, -0.2) is 27.4 Å². The average Bonchev–Trinajstić information content (AvgIpc) is 2.75. The molecule has 0 fully saturated rings. The molecular formula is C30H50O4. The first-order chi connectivity index (χ1) is 15.9. The van der Waals surface area contributed by atoms with Gasteiger partial charge in [-0.25, -0.2) is 0 Å². The molecule has 2 N–H and O–H groups in total.